The second-order valence-corrected chi connectivity index (χ2v) is 2.76. The molecule has 0 amide bonds. The van der Waals surface area contributed by atoms with E-state index < -0.39 is 6.10 Å². The van der Waals surface area contributed by atoms with Crippen LogP contribution in [0.25, 0.3) is 0 Å². The summed E-state index contributed by atoms with van der Waals surface area (Å²) < 4.78 is 0. The van der Waals surface area contributed by atoms with Crippen molar-refractivity contribution in [2.75, 3.05) is 5.88 Å². The Bertz CT molecular complexity index is 143. The summed E-state index contributed by atoms with van der Waals surface area (Å²) in [6.45, 7) is 1.46. The highest BCUT2D eigenvalue weighted by Crippen LogP contribution is 1.96. The van der Waals surface area contributed by atoms with Crippen LogP contribution in [0.3, 0.4) is 0 Å². The minimum atomic E-state index is -0.643. The summed E-state index contributed by atoms with van der Waals surface area (Å²) >= 11 is 5.39. The molecule has 11 heavy (non-hydrogen) atoms. The number of ketones is 1. The van der Waals surface area contributed by atoms with Crippen molar-refractivity contribution in [3.8, 4) is 0 Å². The normalized spacial score (nSPS) is 13.7. The quantitative estimate of drug-likeness (QED) is 0.510. The van der Waals surface area contributed by atoms with Crippen molar-refractivity contribution in [2.24, 2.45) is 0 Å². The average Bonchev–Trinajstić information content (AvgIpc) is 1.86. The third-order valence-electron chi connectivity index (χ3n) is 1.13. The van der Waals surface area contributed by atoms with Crippen LogP contribution in [0.2, 0.25) is 0 Å². The van der Waals surface area contributed by atoms with E-state index >= 15 is 0 Å². The van der Waals surface area contributed by atoms with E-state index in [9.17, 15) is 4.79 Å². The first-order valence-corrected chi connectivity index (χ1v) is 4.10. The maximum Gasteiger partial charge on any atom is 0.132 e. The lowest BCUT2D eigenvalue weighted by Crippen LogP contribution is -2.07. The van der Waals surface area contributed by atoms with E-state index in [1.54, 1.807) is 12.2 Å². The van der Waals surface area contributed by atoms with Crippen molar-refractivity contribution in [1.82, 2.24) is 0 Å². The number of alkyl halides is 1. The summed E-state index contributed by atoms with van der Waals surface area (Å²) in [7, 11) is 0. The predicted molar refractivity (Wildman–Crippen MR) is 45.8 cm³/mol. The summed E-state index contributed by atoms with van der Waals surface area (Å²) in [6.07, 6.45) is 3.66. The summed E-state index contributed by atoms with van der Waals surface area (Å²) in [4.78, 5) is 10.5. The molecule has 0 saturated carbocycles. The lowest BCUT2D eigenvalue weighted by Gasteiger charge is -1.99. The van der Waals surface area contributed by atoms with Gasteiger partial charge in [-0.15, -0.1) is 11.6 Å². The lowest BCUT2D eigenvalue weighted by atomic mass is 10.2. The third kappa shape index (κ3) is 7.56. The molecule has 0 fully saturated rings. The fourth-order valence-electron chi connectivity index (χ4n) is 0.679. The molecule has 0 spiro atoms. The molecule has 64 valence electrons. The standard InChI is InChI=1S/C8H13ClO2/c1-7(10)6-8(11)4-2-3-5-9/h2,4,8,11H,3,5-6H2,1H3/b4-2+/t8-/m1/s1. The molecule has 1 atom stereocenters. The number of hydrogen-bond donors (Lipinski definition) is 1. The summed E-state index contributed by atoms with van der Waals surface area (Å²) in [6, 6.07) is 0. The molecule has 0 bridgehead atoms. The number of aliphatic hydroxyl groups is 1. The van der Waals surface area contributed by atoms with Gasteiger partial charge in [0.15, 0.2) is 0 Å². The Hall–Kier alpha value is -0.340. The van der Waals surface area contributed by atoms with Gasteiger partial charge in [-0.25, -0.2) is 0 Å². The van der Waals surface area contributed by atoms with Gasteiger partial charge >= 0.3 is 0 Å². The molecule has 0 radical (unpaired) electrons. The van der Waals surface area contributed by atoms with E-state index in [-0.39, 0.29) is 12.2 Å². The number of Topliss-reactive ketones (excluding diaryl/α,β-unsaturated/α-hetero) is 1. The smallest absolute Gasteiger partial charge is 0.132 e. The average molecular weight is 177 g/mol. The zero-order chi connectivity index (χ0) is 8.69. The molecule has 0 aliphatic carbocycles. The Kier molecular flexibility index (Phi) is 6.18. The zero-order valence-corrected chi connectivity index (χ0v) is 7.34. The van der Waals surface area contributed by atoms with Crippen molar-refractivity contribution < 1.29 is 9.90 Å². The highest BCUT2D eigenvalue weighted by Gasteiger charge is 2.01. The van der Waals surface area contributed by atoms with Crippen LogP contribution in [-0.4, -0.2) is 22.9 Å². The van der Waals surface area contributed by atoms with Crippen molar-refractivity contribution >= 4 is 17.4 Å². The maximum absolute atomic E-state index is 10.5. The highest BCUT2D eigenvalue weighted by molar-refractivity contribution is 6.17. The first-order valence-electron chi connectivity index (χ1n) is 3.57. The monoisotopic (exact) mass is 176 g/mol. The van der Waals surface area contributed by atoms with Gasteiger partial charge in [0.1, 0.15) is 5.78 Å². The molecule has 0 aliphatic heterocycles. The van der Waals surface area contributed by atoms with Crippen LogP contribution in [0.5, 0.6) is 0 Å². The summed E-state index contributed by atoms with van der Waals surface area (Å²) in [5.41, 5.74) is 0. The Morgan fingerprint density at radius 2 is 2.36 bits per heavy atom. The Labute approximate surface area is 71.9 Å². The van der Waals surface area contributed by atoms with Gasteiger partial charge in [-0.3, -0.25) is 4.79 Å². The molecule has 0 heterocycles. The molecular weight excluding hydrogens is 164 g/mol. The van der Waals surface area contributed by atoms with E-state index in [1.165, 1.54) is 6.92 Å². The fourth-order valence-corrected chi connectivity index (χ4v) is 0.805. The van der Waals surface area contributed by atoms with Gasteiger partial charge in [0.25, 0.3) is 0 Å². The SMILES string of the molecule is CC(=O)C[C@H](O)/C=C/CCCl. The molecular formula is C8H13ClO2. The first kappa shape index (κ1) is 10.7. The molecule has 0 aliphatic rings. The third-order valence-corrected chi connectivity index (χ3v) is 1.35. The van der Waals surface area contributed by atoms with E-state index in [0.717, 1.165) is 6.42 Å². The molecule has 3 heteroatoms. The molecule has 0 saturated heterocycles. The summed E-state index contributed by atoms with van der Waals surface area (Å²) in [5, 5.41) is 9.10. The number of rotatable bonds is 5. The fraction of sp³-hybridized carbons (Fsp3) is 0.625. The number of allylic oxidation sites excluding steroid dienone is 1. The summed E-state index contributed by atoms with van der Waals surface area (Å²) in [5.74, 6) is 0.538. The number of carbonyl (C=O) groups is 1. The minimum absolute atomic E-state index is 0.00646. The molecule has 0 aromatic carbocycles. The highest BCUT2D eigenvalue weighted by atomic mass is 35.5. The van der Waals surface area contributed by atoms with Crippen molar-refractivity contribution in [3.63, 3.8) is 0 Å². The number of carbonyl (C=O) groups excluding carboxylic acids is 1. The lowest BCUT2D eigenvalue weighted by molar-refractivity contribution is -0.118. The molecule has 0 aromatic rings. The van der Waals surface area contributed by atoms with Crippen LogP contribution in [-0.2, 0) is 4.79 Å². The minimum Gasteiger partial charge on any atom is -0.389 e. The Morgan fingerprint density at radius 1 is 1.73 bits per heavy atom. The van der Waals surface area contributed by atoms with Gasteiger partial charge < -0.3 is 5.11 Å². The van der Waals surface area contributed by atoms with Gasteiger partial charge in [-0.05, 0) is 13.3 Å². The van der Waals surface area contributed by atoms with Crippen LogP contribution >= 0.6 is 11.6 Å². The largest absolute Gasteiger partial charge is 0.389 e. The number of aliphatic hydroxyl groups excluding tert-OH is 1. The van der Waals surface area contributed by atoms with Crippen LogP contribution in [0.15, 0.2) is 12.2 Å². The van der Waals surface area contributed by atoms with E-state index in [0.29, 0.717) is 5.88 Å². The van der Waals surface area contributed by atoms with Gasteiger partial charge in [0.05, 0.1) is 6.10 Å². The van der Waals surface area contributed by atoms with Crippen LogP contribution < -0.4 is 0 Å². The molecule has 0 aromatic heterocycles. The Morgan fingerprint density at radius 3 is 2.82 bits per heavy atom. The molecule has 0 unspecified atom stereocenters. The van der Waals surface area contributed by atoms with Crippen LogP contribution in [0.4, 0.5) is 0 Å². The second-order valence-electron chi connectivity index (χ2n) is 2.38. The van der Waals surface area contributed by atoms with Gasteiger partial charge in [-0.1, -0.05) is 12.2 Å². The van der Waals surface area contributed by atoms with Crippen molar-refractivity contribution in [1.29, 1.82) is 0 Å². The van der Waals surface area contributed by atoms with Crippen molar-refractivity contribution in [2.45, 2.75) is 25.9 Å². The second kappa shape index (κ2) is 6.38. The topological polar surface area (TPSA) is 37.3 Å². The molecule has 2 nitrogen and oxygen atoms in total. The van der Waals surface area contributed by atoms with Crippen LogP contribution in [0, 0.1) is 0 Å². The van der Waals surface area contributed by atoms with Gasteiger partial charge in [-0.2, -0.15) is 0 Å². The van der Waals surface area contributed by atoms with E-state index in [1.807, 2.05) is 0 Å². The maximum atomic E-state index is 10.5. The van der Waals surface area contributed by atoms with E-state index in [2.05, 4.69) is 0 Å². The van der Waals surface area contributed by atoms with Gasteiger partial charge in [0, 0.05) is 12.3 Å². The first-order chi connectivity index (χ1) is 5.16. The van der Waals surface area contributed by atoms with Gasteiger partial charge in [0.2, 0.25) is 0 Å². The number of hydrogen-bond acceptors (Lipinski definition) is 2. The zero-order valence-electron chi connectivity index (χ0n) is 6.59. The Balaban J connectivity index is 3.50. The van der Waals surface area contributed by atoms with E-state index in [4.69, 9.17) is 16.7 Å². The van der Waals surface area contributed by atoms with Crippen LogP contribution in [0.1, 0.15) is 19.8 Å². The molecule has 0 rings (SSSR count). The molecule has 1 N–H and O–H groups in total. The van der Waals surface area contributed by atoms with Crippen molar-refractivity contribution in [3.05, 3.63) is 12.2 Å². The predicted octanol–water partition coefficient (Wildman–Crippen LogP) is 1.51. The number of halogens is 1.